The van der Waals surface area contributed by atoms with Gasteiger partial charge in [-0.15, -0.1) is 0 Å². The molecule has 1 fully saturated rings. The Morgan fingerprint density at radius 2 is 2.37 bits per heavy atom. The van der Waals surface area contributed by atoms with Gasteiger partial charge in [0.2, 0.25) is 0 Å². The average Bonchev–Trinajstić information content (AvgIpc) is 3.00. The van der Waals surface area contributed by atoms with E-state index in [1.165, 1.54) is 0 Å². The summed E-state index contributed by atoms with van der Waals surface area (Å²) in [4.78, 5) is 16.7. The minimum Gasteiger partial charge on any atom is -0.379 e. The Morgan fingerprint density at radius 1 is 1.53 bits per heavy atom. The van der Waals surface area contributed by atoms with Gasteiger partial charge in [0.1, 0.15) is 11.6 Å². The Balaban J connectivity index is 1.98. The molecule has 2 unspecified atom stereocenters. The van der Waals surface area contributed by atoms with Crippen LogP contribution in [0, 0.1) is 5.92 Å². The van der Waals surface area contributed by atoms with Gasteiger partial charge in [-0.1, -0.05) is 13.8 Å². The molecule has 2 heterocycles. The van der Waals surface area contributed by atoms with E-state index in [9.17, 15) is 4.79 Å². The van der Waals surface area contributed by atoms with Gasteiger partial charge >= 0.3 is 0 Å². The van der Waals surface area contributed by atoms with Crippen LogP contribution in [0.5, 0.6) is 0 Å². The van der Waals surface area contributed by atoms with Gasteiger partial charge in [0.05, 0.1) is 25.6 Å². The van der Waals surface area contributed by atoms with Crippen LogP contribution in [0.1, 0.15) is 26.1 Å². The predicted molar refractivity (Wildman–Crippen MR) is 73.0 cm³/mol. The van der Waals surface area contributed by atoms with Gasteiger partial charge in [-0.3, -0.25) is 4.79 Å². The molecule has 1 saturated heterocycles. The van der Waals surface area contributed by atoms with E-state index in [1.807, 2.05) is 13.1 Å². The molecule has 1 aromatic rings. The van der Waals surface area contributed by atoms with Crippen molar-refractivity contribution in [3.63, 3.8) is 0 Å². The predicted octanol–water partition coefficient (Wildman–Crippen LogP) is 1.03. The molecule has 0 spiro atoms. The zero-order chi connectivity index (χ0) is 13.7. The number of carbonyl (C=O) groups is 1. The summed E-state index contributed by atoms with van der Waals surface area (Å²) in [5, 5.41) is 3.32. The number of ether oxygens (including phenoxy) is 1. The van der Waals surface area contributed by atoms with Gasteiger partial charge in [0.25, 0.3) is 0 Å². The molecule has 1 aromatic heterocycles. The molecule has 5 nitrogen and oxygen atoms in total. The molecule has 0 aliphatic carbocycles. The first-order chi connectivity index (χ1) is 9.26. The van der Waals surface area contributed by atoms with Gasteiger partial charge in [0.15, 0.2) is 0 Å². The summed E-state index contributed by atoms with van der Waals surface area (Å²) < 4.78 is 7.50. The minimum atomic E-state index is -0.0354. The van der Waals surface area contributed by atoms with Gasteiger partial charge in [-0.2, -0.15) is 0 Å². The molecule has 0 amide bonds. The molecule has 2 rings (SSSR count). The number of rotatable bonds is 7. The van der Waals surface area contributed by atoms with E-state index in [4.69, 9.17) is 4.74 Å². The Bertz CT molecular complexity index is 417. The first-order valence-electron chi connectivity index (χ1n) is 7.10. The second kappa shape index (κ2) is 6.82. The summed E-state index contributed by atoms with van der Waals surface area (Å²) in [7, 11) is 0. The van der Waals surface area contributed by atoms with Crippen molar-refractivity contribution in [2.24, 2.45) is 5.92 Å². The molecule has 2 atom stereocenters. The molecule has 1 aliphatic rings. The summed E-state index contributed by atoms with van der Waals surface area (Å²) in [5.74, 6) is 1.06. The van der Waals surface area contributed by atoms with E-state index >= 15 is 0 Å². The van der Waals surface area contributed by atoms with Crippen LogP contribution in [0.2, 0.25) is 0 Å². The fourth-order valence-corrected chi connectivity index (χ4v) is 2.57. The molecule has 0 saturated carbocycles. The van der Waals surface area contributed by atoms with Crippen LogP contribution in [0.4, 0.5) is 0 Å². The lowest BCUT2D eigenvalue weighted by Crippen LogP contribution is -2.39. The molecule has 5 heteroatoms. The molecular formula is C14H23N3O2. The van der Waals surface area contributed by atoms with Crippen molar-refractivity contribution in [2.75, 3.05) is 19.8 Å². The van der Waals surface area contributed by atoms with Crippen molar-refractivity contribution < 1.29 is 9.53 Å². The van der Waals surface area contributed by atoms with E-state index in [1.54, 1.807) is 6.20 Å². The maximum atomic E-state index is 12.4. The highest BCUT2D eigenvalue weighted by Crippen LogP contribution is 2.17. The highest BCUT2D eigenvalue weighted by molar-refractivity contribution is 5.83. The lowest BCUT2D eigenvalue weighted by Gasteiger charge is -2.17. The van der Waals surface area contributed by atoms with Crippen molar-refractivity contribution >= 4 is 5.78 Å². The summed E-state index contributed by atoms with van der Waals surface area (Å²) in [6, 6.07) is 0.159. The number of likely N-dealkylation sites (N-methyl/N-ethyl adjacent to an activating group) is 1. The molecular weight excluding hydrogens is 242 g/mol. The Hall–Kier alpha value is -1.20. The van der Waals surface area contributed by atoms with Crippen molar-refractivity contribution in [3.05, 3.63) is 18.2 Å². The van der Waals surface area contributed by atoms with E-state index in [-0.39, 0.29) is 17.7 Å². The van der Waals surface area contributed by atoms with Gasteiger partial charge in [-0.05, 0) is 13.0 Å². The lowest BCUT2D eigenvalue weighted by atomic mass is 9.96. The average molecular weight is 265 g/mol. The fraction of sp³-hybridized carbons (Fsp3) is 0.714. The summed E-state index contributed by atoms with van der Waals surface area (Å²) in [5.41, 5.74) is 0. The van der Waals surface area contributed by atoms with Crippen LogP contribution in [0.15, 0.2) is 12.4 Å². The van der Waals surface area contributed by atoms with Crippen molar-refractivity contribution in [2.45, 2.75) is 39.3 Å². The summed E-state index contributed by atoms with van der Waals surface area (Å²) >= 11 is 0. The zero-order valence-corrected chi connectivity index (χ0v) is 11.8. The normalized spacial score (nSPS) is 22.8. The summed E-state index contributed by atoms with van der Waals surface area (Å²) in [6.07, 6.45) is 5.16. The Kier molecular flexibility index (Phi) is 5.10. The zero-order valence-electron chi connectivity index (χ0n) is 11.8. The third-order valence-corrected chi connectivity index (χ3v) is 3.56. The topological polar surface area (TPSA) is 56.2 Å². The number of imidazole rings is 1. The third kappa shape index (κ3) is 3.42. The quantitative estimate of drug-likeness (QED) is 0.800. The number of aromatic nitrogens is 2. The van der Waals surface area contributed by atoms with E-state index in [2.05, 4.69) is 21.8 Å². The molecule has 19 heavy (non-hydrogen) atoms. The lowest BCUT2D eigenvalue weighted by molar-refractivity contribution is -0.122. The van der Waals surface area contributed by atoms with E-state index in [0.717, 1.165) is 25.3 Å². The first-order valence-corrected chi connectivity index (χ1v) is 7.10. The number of aryl methyl sites for hydroxylation is 1. The van der Waals surface area contributed by atoms with Gasteiger partial charge in [0, 0.05) is 25.0 Å². The highest BCUT2D eigenvalue weighted by Gasteiger charge is 2.33. The van der Waals surface area contributed by atoms with Crippen LogP contribution in [0.25, 0.3) is 0 Å². The first kappa shape index (κ1) is 14.2. The fourth-order valence-electron chi connectivity index (χ4n) is 2.57. The number of hydrogen-bond acceptors (Lipinski definition) is 4. The molecule has 1 aliphatic heterocycles. The Labute approximate surface area is 114 Å². The SMILES string of the molecule is CCCn1ccnc1CC(=O)C1COCC1NCC. The highest BCUT2D eigenvalue weighted by atomic mass is 16.5. The smallest absolute Gasteiger partial charge is 0.147 e. The van der Waals surface area contributed by atoms with Crippen molar-refractivity contribution in [3.8, 4) is 0 Å². The number of nitrogens with one attached hydrogen (secondary N) is 1. The summed E-state index contributed by atoms with van der Waals surface area (Å²) in [6.45, 7) is 7.12. The van der Waals surface area contributed by atoms with Crippen LogP contribution in [-0.4, -0.2) is 41.1 Å². The van der Waals surface area contributed by atoms with Crippen molar-refractivity contribution in [1.29, 1.82) is 0 Å². The van der Waals surface area contributed by atoms with Crippen LogP contribution < -0.4 is 5.32 Å². The van der Waals surface area contributed by atoms with Gasteiger partial charge < -0.3 is 14.6 Å². The molecule has 106 valence electrons. The Morgan fingerprint density at radius 3 is 3.11 bits per heavy atom. The molecule has 0 radical (unpaired) electrons. The number of Topliss-reactive ketones (excluding diaryl/α,β-unsaturated/α-hetero) is 1. The third-order valence-electron chi connectivity index (χ3n) is 3.56. The largest absolute Gasteiger partial charge is 0.379 e. The van der Waals surface area contributed by atoms with Gasteiger partial charge in [-0.25, -0.2) is 4.98 Å². The van der Waals surface area contributed by atoms with E-state index < -0.39 is 0 Å². The monoisotopic (exact) mass is 265 g/mol. The number of carbonyl (C=O) groups excluding carboxylic acids is 1. The standard InChI is InChI=1S/C14H23N3O2/c1-3-6-17-7-5-16-14(17)8-13(18)11-9-19-10-12(11)15-4-2/h5,7,11-12,15H,3-4,6,8-10H2,1-2H3. The maximum Gasteiger partial charge on any atom is 0.147 e. The number of ketones is 1. The molecule has 0 aromatic carbocycles. The molecule has 1 N–H and O–H groups in total. The van der Waals surface area contributed by atoms with E-state index in [0.29, 0.717) is 19.6 Å². The number of hydrogen-bond donors (Lipinski definition) is 1. The number of nitrogens with zero attached hydrogens (tertiary/aromatic N) is 2. The molecule has 0 bridgehead atoms. The second-order valence-electron chi connectivity index (χ2n) is 4.99. The van der Waals surface area contributed by atoms with Crippen LogP contribution in [0.3, 0.4) is 0 Å². The van der Waals surface area contributed by atoms with Crippen molar-refractivity contribution in [1.82, 2.24) is 14.9 Å². The minimum absolute atomic E-state index is 0.0354. The maximum absolute atomic E-state index is 12.4. The second-order valence-corrected chi connectivity index (χ2v) is 4.99. The van der Waals surface area contributed by atoms with Crippen LogP contribution in [-0.2, 0) is 22.5 Å². The van der Waals surface area contributed by atoms with Crippen LogP contribution >= 0.6 is 0 Å².